The fourth-order valence-electron chi connectivity index (χ4n) is 1.43. The van der Waals surface area contributed by atoms with E-state index in [4.69, 9.17) is 0 Å². The van der Waals surface area contributed by atoms with E-state index in [0.717, 1.165) is 0 Å². The number of rotatable bonds is 7. The Labute approximate surface area is 139 Å². The fourth-order valence-corrected chi connectivity index (χ4v) is 3.03. The molecule has 0 aliphatic heterocycles. The van der Waals surface area contributed by atoms with Gasteiger partial charge >= 0.3 is 5.97 Å². The molecule has 0 saturated carbocycles. The number of nitrogens with one attached hydrogen (secondary N) is 2. The van der Waals surface area contributed by atoms with Gasteiger partial charge in [-0.25, -0.2) is 4.39 Å². The van der Waals surface area contributed by atoms with E-state index < -0.39 is 5.97 Å². The van der Waals surface area contributed by atoms with Gasteiger partial charge in [0.15, 0.2) is 4.34 Å². The van der Waals surface area contributed by atoms with E-state index in [9.17, 15) is 14.0 Å². The van der Waals surface area contributed by atoms with Gasteiger partial charge in [-0.15, -0.1) is 10.2 Å². The lowest BCUT2D eigenvalue weighted by Crippen LogP contribution is -2.31. The predicted molar refractivity (Wildman–Crippen MR) is 85.3 cm³/mol. The number of nitrogens with zero attached hydrogens (tertiary/aromatic N) is 2. The molecule has 122 valence electrons. The number of thioether (sulfide) groups is 1. The van der Waals surface area contributed by atoms with Crippen LogP contribution < -0.4 is 10.6 Å². The van der Waals surface area contributed by atoms with Gasteiger partial charge < -0.3 is 15.4 Å². The summed E-state index contributed by atoms with van der Waals surface area (Å²) in [5, 5.41) is 13.7. The maximum atomic E-state index is 13.1. The van der Waals surface area contributed by atoms with Crippen molar-refractivity contribution in [1.29, 1.82) is 0 Å². The number of aromatic nitrogens is 2. The number of carbonyl (C=O) groups is 2. The lowest BCUT2D eigenvalue weighted by atomic mass is 10.3. The average molecular weight is 356 g/mol. The molecule has 2 rings (SSSR count). The zero-order valence-electron chi connectivity index (χ0n) is 12.0. The third kappa shape index (κ3) is 5.83. The molecule has 0 aliphatic carbocycles. The number of halogens is 1. The number of esters is 1. The van der Waals surface area contributed by atoms with Crippen LogP contribution in [0.1, 0.15) is 0 Å². The summed E-state index contributed by atoms with van der Waals surface area (Å²) in [5.41, 5.74) is 0.563. The van der Waals surface area contributed by atoms with Crippen LogP contribution in [0.15, 0.2) is 28.6 Å². The van der Waals surface area contributed by atoms with Crippen LogP contribution in [-0.2, 0) is 14.3 Å². The van der Waals surface area contributed by atoms with E-state index in [-0.39, 0.29) is 24.0 Å². The van der Waals surface area contributed by atoms with Crippen LogP contribution in [0.25, 0.3) is 0 Å². The van der Waals surface area contributed by atoms with E-state index >= 15 is 0 Å². The van der Waals surface area contributed by atoms with E-state index in [1.165, 1.54) is 42.3 Å². The first-order chi connectivity index (χ1) is 11.1. The van der Waals surface area contributed by atoms with Crippen molar-refractivity contribution in [1.82, 2.24) is 15.5 Å². The molecule has 1 amide bonds. The van der Waals surface area contributed by atoms with Gasteiger partial charge in [0.05, 0.1) is 12.9 Å². The molecule has 0 radical (unpaired) electrons. The maximum Gasteiger partial charge on any atom is 0.325 e. The smallest absolute Gasteiger partial charge is 0.325 e. The molecule has 10 heteroatoms. The lowest BCUT2D eigenvalue weighted by molar-refractivity contribution is -0.140. The fraction of sp³-hybridized carbons (Fsp3) is 0.231. The molecule has 1 aromatic heterocycles. The molecule has 0 bridgehead atoms. The van der Waals surface area contributed by atoms with Gasteiger partial charge in [-0.05, 0) is 18.2 Å². The summed E-state index contributed by atoms with van der Waals surface area (Å²) >= 11 is 2.43. The van der Waals surface area contributed by atoms with Crippen molar-refractivity contribution < 1.29 is 18.7 Å². The van der Waals surface area contributed by atoms with Gasteiger partial charge in [-0.2, -0.15) is 0 Å². The number of carbonyl (C=O) groups excluding carboxylic acids is 2. The number of anilines is 2. The zero-order chi connectivity index (χ0) is 16.7. The van der Waals surface area contributed by atoms with E-state index in [1.807, 2.05) is 0 Å². The van der Waals surface area contributed by atoms with Crippen molar-refractivity contribution in [3.05, 3.63) is 30.1 Å². The Morgan fingerprint density at radius 2 is 2.22 bits per heavy atom. The van der Waals surface area contributed by atoms with Crippen molar-refractivity contribution in [2.45, 2.75) is 4.34 Å². The molecule has 23 heavy (non-hydrogen) atoms. The largest absolute Gasteiger partial charge is 0.468 e. The summed E-state index contributed by atoms with van der Waals surface area (Å²) < 4.78 is 18.1. The van der Waals surface area contributed by atoms with E-state index in [0.29, 0.717) is 15.2 Å². The van der Waals surface area contributed by atoms with E-state index in [1.54, 1.807) is 12.1 Å². The van der Waals surface area contributed by atoms with Crippen LogP contribution in [0.2, 0.25) is 0 Å². The first-order valence-corrected chi connectivity index (χ1v) is 8.19. The van der Waals surface area contributed by atoms with Crippen LogP contribution in [0.4, 0.5) is 15.2 Å². The number of methoxy groups -OCH3 is 1. The van der Waals surface area contributed by atoms with E-state index in [2.05, 4.69) is 25.6 Å². The van der Waals surface area contributed by atoms with Gasteiger partial charge in [0.25, 0.3) is 0 Å². The lowest BCUT2D eigenvalue weighted by Gasteiger charge is -2.02. The normalized spacial score (nSPS) is 10.2. The van der Waals surface area contributed by atoms with Crippen molar-refractivity contribution in [2.24, 2.45) is 0 Å². The van der Waals surface area contributed by atoms with Crippen molar-refractivity contribution in [2.75, 3.05) is 24.7 Å². The Bertz CT molecular complexity index is 695. The highest BCUT2D eigenvalue weighted by Crippen LogP contribution is 2.27. The molecular formula is C13H13FN4O3S2. The number of hydrogen-bond donors (Lipinski definition) is 2. The Kier molecular flexibility index (Phi) is 6.29. The van der Waals surface area contributed by atoms with Crippen LogP contribution in [0.5, 0.6) is 0 Å². The van der Waals surface area contributed by atoms with Crippen molar-refractivity contribution >= 4 is 45.8 Å². The quantitative estimate of drug-likeness (QED) is 0.577. The van der Waals surface area contributed by atoms with Gasteiger partial charge in [0.1, 0.15) is 12.4 Å². The minimum atomic E-state index is -0.513. The summed E-state index contributed by atoms with van der Waals surface area (Å²) in [6.07, 6.45) is 0. The zero-order valence-corrected chi connectivity index (χ0v) is 13.7. The number of benzene rings is 1. The summed E-state index contributed by atoms with van der Waals surface area (Å²) in [6, 6.07) is 5.98. The van der Waals surface area contributed by atoms with Gasteiger partial charge in [-0.1, -0.05) is 29.2 Å². The van der Waals surface area contributed by atoms with Crippen LogP contribution in [-0.4, -0.2) is 41.5 Å². The molecule has 2 N–H and O–H groups in total. The summed E-state index contributed by atoms with van der Waals surface area (Å²) in [4.78, 5) is 22.4. The molecule has 1 aromatic carbocycles. The average Bonchev–Trinajstić information content (AvgIpc) is 2.98. The van der Waals surface area contributed by atoms with Crippen LogP contribution in [0.3, 0.4) is 0 Å². The molecule has 1 heterocycles. The first-order valence-electron chi connectivity index (χ1n) is 6.39. The SMILES string of the molecule is COC(=O)CNC(=O)CSc1nnc(Nc2cccc(F)c2)s1. The number of ether oxygens (including phenoxy) is 1. The van der Waals surface area contributed by atoms with Gasteiger partial charge in [0, 0.05) is 5.69 Å². The highest BCUT2D eigenvalue weighted by atomic mass is 32.2. The van der Waals surface area contributed by atoms with Crippen molar-refractivity contribution in [3.8, 4) is 0 Å². The highest BCUT2D eigenvalue weighted by molar-refractivity contribution is 8.01. The topological polar surface area (TPSA) is 93.2 Å². The minimum Gasteiger partial charge on any atom is -0.468 e. The summed E-state index contributed by atoms with van der Waals surface area (Å²) in [5.74, 6) is -1.07. The molecule has 0 saturated heterocycles. The summed E-state index contributed by atoms with van der Waals surface area (Å²) in [6.45, 7) is -0.168. The third-order valence-electron chi connectivity index (χ3n) is 2.47. The molecular weight excluding hydrogens is 343 g/mol. The minimum absolute atomic E-state index is 0.103. The molecule has 0 fully saturated rings. The van der Waals surface area contributed by atoms with Crippen molar-refractivity contribution in [3.63, 3.8) is 0 Å². The second-order valence-corrected chi connectivity index (χ2v) is 6.35. The Balaban J connectivity index is 1.80. The molecule has 0 unspecified atom stereocenters. The highest BCUT2D eigenvalue weighted by Gasteiger charge is 2.10. The predicted octanol–water partition coefficient (Wildman–Crippen LogP) is 1.80. The Morgan fingerprint density at radius 1 is 1.39 bits per heavy atom. The molecule has 0 aliphatic rings. The maximum absolute atomic E-state index is 13.1. The number of amides is 1. The van der Waals surface area contributed by atoms with Gasteiger partial charge in [-0.3, -0.25) is 9.59 Å². The first kappa shape index (κ1) is 17.2. The molecule has 2 aromatic rings. The monoisotopic (exact) mass is 356 g/mol. The third-order valence-corrected chi connectivity index (χ3v) is 4.44. The molecule has 0 spiro atoms. The summed E-state index contributed by atoms with van der Waals surface area (Å²) in [7, 11) is 1.25. The number of hydrogen-bond acceptors (Lipinski definition) is 8. The van der Waals surface area contributed by atoms with Crippen LogP contribution >= 0.6 is 23.1 Å². The Hall–Kier alpha value is -2.20. The second kappa shape index (κ2) is 8.44. The molecule has 7 nitrogen and oxygen atoms in total. The Morgan fingerprint density at radius 3 is 2.96 bits per heavy atom. The molecule has 0 atom stereocenters. The second-order valence-electron chi connectivity index (χ2n) is 4.15. The van der Waals surface area contributed by atoms with Crippen LogP contribution in [0, 0.1) is 5.82 Å². The van der Waals surface area contributed by atoms with Gasteiger partial charge in [0.2, 0.25) is 11.0 Å². The standard InChI is InChI=1S/C13H13FN4O3S2/c1-21-11(20)6-15-10(19)7-22-13-18-17-12(23-13)16-9-4-2-3-8(14)5-9/h2-5H,6-7H2,1H3,(H,15,19)(H,16,17).